The van der Waals surface area contributed by atoms with Crippen molar-refractivity contribution in [3.8, 4) is 5.75 Å². The van der Waals surface area contributed by atoms with Crippen molar-refractivity contribution in [3.05, 3.63) is 29.8 Å². The lowest BCUT2D eigenvalue weighted by Gasteiger charge is -2.38. The highest BCUT2D eigenvalue weighted by Crippen LogP contribution is 2.39. The minimum absolute atomic E-state index is 0. The summed E-state index contributed by atoms with van der Waals surface area (Å²) in [6.45, 7) is 4.41. The Morgan fingerprint density at radius 2 is 2.14 bits per heavy atom. The molecule has 1 aliphatic heterocycles. The number of aliphatic imine (C=N–C) groups is 1. The number of hydrogen-bond donors (Lipinski definition) is 2. The zero-order valence-electron chi connectivity index (χ0n) is 13.4. The van der Waals surface area contributed by atoms with E-state index in [9.17, 15) is 4.39 Å². The fourth-order valence-electron chi connectivity index (χ4n) is 2.56. The normalized spacial score (nSPS) is 19.5. The Balaban J connectivity index is 0.00000242. The van der Waals surface area contributed by atoms with Crippen LogP contribution in [0.3, 0.4) is 0 Å². The van der Waals surface area contributed by atoms with Gasteiger partial charge in [-0.15, -0.1) is 24.0 Å². The van der Waals surface area contributed by atoms with Crippen molar-refractivity contribution in [3.63, 3.8) is 0 Å². The number of rotatable bonds is 4. The molecule has 1 heterocycles. The van der Waals surface area contributed by atoms with Crippen LogP contribution in [0.5, 0.6) is 5.75 Å². The standard InChI is InChI=1S/C16H24FN3O.HI/c1-16(2)11-13(12-7-4-5-8-14(12)21-16)20-15(18-3)19-10-6-9-17;/h4-5,7-8,13H,6,9-11H2,1-3H3,(H2,18,19,20);1H. The predicted octanol–water partition coefficient (Wildman–Crippen LogP) is 3.43. The number of nitrogens with zero attached hydrogens (tertiary/aromatic N) is 1. The summed E-state index contributed by atoms with van der Waals surface area (Å²) in [5.41, 5.74) is 0.898. The quantitative estimate of drug-likeness (QED) is 0.339. The molecule has 4 nitrogen and oxygen atoms in total. The third kappa shape index (κ3) is 5.00. The Morgan fingerprint density at radius 1 is 1.41 bits per heavy atom. The number of para-hydroxylation sites is 1. The smallest absolute Gasteiger partial charge is 0.191 e. The molecule has 1 aliphatic rings. The van der Waals surface area contributed by atoms with Crippen LogP contribution in [0.4, 0.5) is 4.39 Å². The van der Waals surface area contributed by atoms with Gasteiger partial charge in [0, 0.05) is 25.6 Å². The molecule has 0 aromatic heterocycles. The van der Waals surface area contributed by atoms with E-state index in [0.717, 1.165) is 17.7 Å². The summed E-state index contributed by atoms with van der Waals surface area (Å²) in [6, 6.07) is 8.17. The fraction of sp³-hybridized carbons (Fsp3) is 0.562. The maximum atomic E-state index is 12.2. The van der Waals surface area contributed by atoms with Crippen LogP contribution in [-0.4, -0.2) is 31.8 Å². The predicted molar refractivity (Wildman–Crippen MR) is 99.0 cm³/mol. The summed E-state index contributed by atoms with van der Waals surface area (Å²) >= 11 is 0. The Hall–Kier alpha value is -1.05. The number of nitrogens with one attached hydrogen (secondary N) is 2. The molecule has 0 aliphatic carbocycles. The molecule has 0 fully saturated rings. The van der Waals surface area contributed by atoms with E-state index >= 15 is 0 Å². The summed E-state index contributed by atoms with van der Waals surface area (Å²) in [5, 5.41) is 6.55. The largest absolute Gasteiger partial charge is 0.487 e. The lowest BCUT2D eigenvalue weighted by Crippen LogP contribution is -2.45. The zero-order valence-corrected chi connectivity index (χ0v) is 15.7. The summed E-state index contributed by atoms with van der Waals surface area (Å²) in [6.07, 6.45) is 1.32. The Labute approximate surface area is 148 Å². The minimum atomic E-state index is -0.322. The molecular weight excluding hydrogens is 396 g/mol. The number of hydrogen-bond acceptors (Lipinski definition) is 2. The number of guanidine groups is 1. The summed E-state index contributed by atoms with van der Waals surface area (Å²) in [4.78, 5) is 4.21. The third-order valence-corrected chi connectivity index (χ3v) is 3.51. The third-order valence-electron chi connectivity index (χ3n) is 3.51. The van der Waals surface area contributed by atoms with Crippen molar-refractivity contribution in [1.82, 2.24) is 10.6 Å². The number of halogens is 2. The average Bonchev–Trinajstić information content (AvgIpc) is 2.45. The molecule has 2 rings (SSSR count). The second-order valence-corrected chi connectivity index (χ2v) is 5.84. The van der Waals surface area contributed by atoms with E-state index in [0.29, 0.717) is 18.9 Å². The first kappa shape index (κ1) is 19.0. The summed E-state index contributed by atoms with van der Waals surface area (Å²) in [5.74, 6) is 1.60. The Kier molecular flexibility index (Phi) is 7.38. The van der Waals surface area contributed by atoms with Gasteiger partial charge in [-0.25, -0.2) is 0 Å². The van der Waals surface area contributed by atoms with Gasteiger partial charge in [-0.05, 0) is 26.3 Å². The van der Waals surface area contributed by atoms with E-state index in [2.05, 4.69) is 35.5 Å². The van der Waals surface area contributed by atoms with Crippen molar-refractivity contribution in [2.45, 2.75) is 38.3 Å². The maximum absolute atomic E-state index is 12.2. The zero-order chi connectivity index (χ0) is 15.3. The van der Waals surface area contributed by atoms with Gasteiger partial charge < -0.3 is 15.4 Å². The molecule has 0 saturated heterocycles. The van der Waals surface area contributed by atoms with Crippen LogP contribution in [0.2, 0.25) is 0 Å². The lowest BCUT2D eigenvalue weighted by atomic mass is 9.90. The lowest BCUT2D eigenvalue weighted by molar-refractivity contribution is 0.0694. The van der Waals surface area contributed by atoms with E-state index in [-0.39, 0.29) is 42.3 Å². The maximum Gasteiger partial charge on any atom is 0.191 e. The van der Waals surface area contributed by atoms with Crippen molar-refractivity contribution in [1.29, 1.82) is 0 Å². The molecule has 1 aromatic carbocycles. The molecule has 1 aromatic rings. The topological polar surface area (TPSA) is 45.7 Å². The Bertz CT molecular complexity index is 508. The van der Waals surface area contributed by atoms with Gasteiger partial charge in [-0.1, -0.05) is 18.2 Å². The van der Waals surface area contributed by atoms with Crippen molar-refractivity contribution < 1.29 is 9.13 Å². The molecule has 0 amide bonds. The van der Waals surface area contributed by atoms with Gasteiger partial charge in [0.15, 0.2) is 5.96 Å². The van der Waals surface area contributed by atoms with Gasteiger partial charge in [0.25, 0.3) is 0 Å². The van der Waals surface area contributed by atoms with Crippen LogP contribution in [0.1, 0.15) is 38.3 Å². The number of benzene rings is 1. The molecule has 0 bridgehead atoms. The van der Waals surface area contributed by atoms with Crippen LogP contribution >= 0.6 is 24.0 Å². The minimum Gasteiger partial charge on any atom is -0.487 e. The SMILES string of the molecule is CN=C(NCCCF)NC1CC(C)(C)Oc2ccccc21.I. The molecule has 2 N–H and O–H groups in total. The van der Waals surface area contributed by atoms with Crippen LogP contribution < -0.4 is 15.4 Å². The highest BCUT2D eigenvalue weighted by molar-refractivity contribution is 14.0. The molecule has 22 heavy (non-hydrogen) atoms. The van der Waals surface area contributed by atoms with E-state index in [1.807, 2.05) is 18.2 Å². The van der Waals surface area contributed by atoms with Gasteiger partial charge in [0.05, 0.1) is 12.7 Å². The molecule has 6 heteroatoms. The molecular formula is C16H25FIN3O. The highest BCUT2D eigenvalue weighted by Gasteiger charge is 2.33. The highest BCUT2D eigenvalue weighted by atomic mass is 127. The van der Waals surface area contributed by atoms with Crippen LogP contribution in [0, 0.1) is 0 Å². The molecule has 124 valence electrons. The first-order chi connectivity index (χ1) is 10.1. The van der Waals surface area contributed by atoms with Crippen molar-refractivity contribution in [2.75, 3.05) is 20.3 Å². The van der Waals surface area contributed by atoms with Crippen molar-refractivity contribution in [2.24, 2.45) is 4.99 Å². The van der Waals surface area contributed by atoms with Gasteiger partial charge in [0.2, 0.25) is 0 Å². The van der Waals surface area contributed by atoms with E-state index < -0.39 is 0 Å². The molecule has 0 radical (unpaired) electrons. The van der Waals surface area contributed by atoms with E-state index in [1.54, 1.807) is 7.05 Å². The van der Waals surface area contributed by atoms with E-state index in [1.165, 1.54) is 0 Å². The molecule has 0 saturated carbocycles. The van der Waals surface area contributed by atoms with Gasteiger partial charge in [-0.3, -0.25) is 9.38 Å². The molecule has 1 unspecified atom stereocenters. The number of ether oxygens (including phenoxy) is 1. The van der Waals surface area contributed by atoms with Crippen LogP contribution in [0.25, 0.3) is 0 Å². The molecule has 0 spiro atoms. The number of alkyl halides is 1. The molecule has 1 atom stereocenters. The van der Waals surface area contributed by atoms with Gasteiger partial charge in [-0.2, -0.15) is 0 Å². The van der Waals surface area contributed by atoms with Crippen LogP contribution in [0.15, 0.2) is 29.3 Å². The fourth-order valence-corrected chi connectivity index (χ4v) is 2.56. The second-order valence-electron chi connectivity index (χ2n) is 5.84. The van der Waals surface area contributed by atoms with Crippen LogP contribution in [-0.2, 0) is 0 Å². The van der Waals surface area contributed by atoms with Crippen molar-refractivity contribution >= 4 is 29.9 Å². The summed E-state index contributed by atoms with van der Waals surface area (Å²) in [7, 11) is 1.72. The first-order valence-electron chi connectivity index (χ1n) is 7.37. The first-order valence-corrected chi connectivity index (χ1v) is 7.37. The monoisotopic (exact) mass is 421 g/mol. The average molecular weight is 421 g/mol. The van der Waals surface area contributed by atoms with E-state index in [4.69, 9.17) is 4.74 Å². The second kappa shape index (κ2) is 8.55. The summed E-state index contributed by atoms with van der Waals surface area (Å²) < 4.78 is 18.2. The Morgan fingerprint density at radius 3 is 2.82 bits per heavy atom. The van der Waals surface area contributed by atoms with Gasteiger partial charge >= 0.3 is 0 Å². The van der Waals surface area contributed by atoms with Gasteiger partial charge in [0.1, 0.15) is 11.4 Å². The number of fused-ring (bicyclic) bond motifs is 1.